The molecule has 6 nitrogen and oxygen atoms in total. The van der Waals surface area contributed by atoms with E-state index in [9.17, 15) is 13.2 Å². The van der Waals surface area contributed by atoms with Crippen LogP contribution in [-0.4, -0.2) is 50.9 Å². The molecule has 0 bridgehead atoms. The van der Waals surface area contributed by atoms with E-state index in [1.54, 1.807) is 31.3 Å². The molecule has 0 radical (unpaired) electrons. The molecule has 28 heavy (non-hydrogen) atoms. The predicted molar refractivity (Wildman–Crippen MR) is 113 cm³/mol. The van der Waals surface area contributed by atoms with E-state index in [2.05, 4.69) is 17.6 Å². The Bertz CT molecular complexity index is 748. The normalized spacial score (nSPS) is 23.8. The van der Waals surface area contributed by atoms with Gasteiger partial charge in [0.25, 0.3) is 5.91 Å². The summed E-state index contributed by atoms with van der Waals surface area (Å²) in [6.07, 6.45) is 6.22. The lowest BCUT2D eigenvalue weighted by molar-refractivity contribution is 0.0915. The maximum atomic E-state index is 12.9. The Hall–Kier alpha value is -1.15. The molecule has 1 amide bonds. The van der Waals surface area contributed by atoms with Gasteiger partial charge in [0, 0.05) is 31.2 Å². The second-order valence-electron chi connectivity index (χ2n) is 7.89. The Balaban J connectivity index is 0.00000280. The molecule has 2 atom stereocenters. The van der Waals surface area contributed by atoms with E-state index in [-0.39, 0.29) is 35.3 Å². The van der Waals surface area contributed by atoms with Gasteiger partial charge < -0.3 is 10.6 Å². The number of sulfonamides is 1. The molecule has 3 rings (SSSR count). The van der Waals surface area contributed by atoms with E-state index < -0.39 is 10.0 Å². The molecule has 1 saturated carbocycles. The van der Waals surface area contributed by atoms with Gasteiger partial charge in [0.2, 0.25) is 10.0 Å². The Morgan fingerprint density at radius 3 is 2.36 bits per heavy atom. The second kappa shape index (κ2) is 10.1. The zero-order valence-corrected chi connectivity index (χ0v) is 18.3. The summed E-state index contributed by atoms with van der Waals surface area (Å²) in [5.41, 5.74) is 0.493. The minimum atomic E-state index is -3.53. The fraction of sp³-hybridized carbons (Fsp3) is 0.650. The quantitative estimate of drug-likeness (QED) is 0.754. The molecule has 2 N–H and O–H groups in total. The molecule has 1 aliphatic heterocycles. The third-order valence-corrected chi connectivity index (χ3v) is 7.95. The van der Waals surface area contributed by atoms with Gasteiger partial charge in [-0.05, 0) is 56.0 Å². The van der Waals surface area contributed by atoms with Crippen LogP contribution < -0.4 is 10.6 Å². The van der Waals surface area contributed by atoms with Crippen LogP contribution in [0.2, 0.25) is 0 Å². The van der Waals surface area contributed by atoms with Crippen LogP contribution in [0.15, 0.2) is 29.2 Å². The molecule has 1 saturated heterocycles. The number of halogens is 1. The van der Waals surface area contributed by atoms with Gasteiger partial charge in [-0.25, -0.2) is 8.42 Å². The second-order valence-corrected chi connectivity index (χ2v) is 9.89. The van der Waals surface area contributed by atoms with Crippen LogP contribution in [0, 0.1) is 5.92 Å². The molecule has 2 unspecified atom stereocenters. The van der Waals surface area contributed by atoms with Crippen LogP contribution in [0.3, 0.4) is 0 Å². The van der Waals surface area contributed by atoms with Crippen molar-refractivity contribution < 1.29 is 13.2 Å². The molecule has 2 aliphatic rings. The smallest absolute Gasteiger partial charge is 0.251 e. The summed E-state index contributed by atoms with van der Waals surface area (Å²) in [5.74, 6) is 0.277. The number of hydrogen-bond donors (Lipinski definition) is 2. The number of nitrogens with zero attached hydrogens (tertiary/aromatic N) is 1. The summed E-state index contributed by atoms with van der Waals surface area (Å²) in [6.45, 7) is 3.89. The Kier molecular flexibility index (Phi) is 8.30. The topological polar surface area (TPSA) is 78.5 Å². The maximum Gasteiger partial charge on any atom is 0.251 e. The highest BCUT2D eigenvalue weighted by atomic mass is 35.5. The molecule has 1 aliphatic carbocycles. The maximum absolute atomic E-state index is 12.9. The highest BCUT2D eigenvalue weighted by molar-refractivity contribution is 7.89. The van der Waals surface area contributed by atoms with Gasteiger partial charge in [0.15, 0.2) is 0 Å². The first-order chi connectivity index (χ1) is 12.9. The third-order valence-electron chi connectivity index (χ3n) is 6.03. The molecule has 8 heteroatoms. The van der Waals surface area contributed by atoms with Crippen molar-refractivity contribution >= 4 is 28.3 Å². The average Bonchev–Trinajstić information content (AvgIpc) is 2.70. The van der Waals surface area contributed by atoms with Gasteiger partial charge in [-0.3, -0.25) is 4.79 Å². The summed E-state index contributed by atoms with van der Waals surface area (Å²) in [5, 5.41) is 6.35. The highest BCUT2D eigenvalue weighted by Crippen LogP contribution is 2.26. The van der Waals surface area contributed by atoms with Crippen LogP contribution in [0.4, 0.5) is 0 Å². The number of hydrogen-bond acceptors (Lipinski definition) is 4. The summed E-state index contributed by atoms with van der Waals surface area (Å²) in [7, 11) is -1.86. The molecule has 1 heterocycles. The molecule has 0 aromatic heterocycles. The lowest BCUT2D eigenvalue weighted by atomic mass is 9.94. The Morgan fingerprint density at radius 1 is 1.11 bits per heavy atom. The predicted octanol–water partition coefficient (Wildman–Crippen LogP) is 2.79. The number of benzene rings is 1. The Morgan fingerprint density at radius 2 is 1.75 bits per heavy atom. The van der Waals surface area contributed by atoms with Crippen molar-refractivity contribution in [1.82, 2.24) is 14.9 Å². The number of nitrogens with one attached hydrogen (secondary N) is 2. The van der Waals surface area contributed by atoms with Crippen molar-refractivity contribution in [2.75, 3.05) is 20.1 Å². The fourth-order valence-electron chi connectivity index (χ4n) is 4.02. The first kappa shape index (κ1) is 23.1. The van der Waals surface area contributed by atoms with Crippen molar-refractivity contribution in [2.24, 2.45) is 5.92 Å². The summed E-state index contributed by atoms with van der Waals surface area (Å²) >= 11 is 0. The fourth-order valence-corrected chi connectivity index (χ4v) is 5.44. The molecule has 1 aromatic carbocycles. The van der Waals surface area contributed by atoms with Gasteiger partial charge in [-0.1, -0.05) is 26.2 Å². The SMILES string of the molecule is CC1CCNCC1NC(=O)c1ccc(S(=O)(=O)N(C)C2CCCCC2)cc1.Cl. The van der Waals surface area contributed by atoms with Gasteiger partial charge in [-0.2, -0.15) is 4.31 Å². The number of carbonyl (C=O) groups is 1. The minimum Gasteiger partial charge on any atom is -0.348 e. The zero-order chi connectivity index (χ0) is 19.4. The average molecular weight is 430 g/mol. The summed E-state index contributed by atoms with van der Waals surface area (Å²) in [6, 6.07) is 6.49. The molecule has 158 valence electrons. The molecule has 1 aromatic rings. The van der Waals surface area contributed by atoms with E-state index >= 15 is 0 Å². The van der Waals surface area contributed by atoms with Crippen LogP contribution in [0.5, 0.6) is 0 Å². The van der Waals surface area contributed by atoms with E-state index in [1.165, 1.54) is 10.7 Å². The number of amides is 1. The molecule has 2 fully saturated rings. The molecular weight excluding hydrogens is 398 g/mol. The summed E-state index contributed by atoms with van der Waals surface area (Å²) < 4.78 is 27.3. The van der Waals surface area contributed by atoms with Gasteiger partial charge >= 0.3 is 0 Å². The first-order valence-electron chi connectivity index (χ1n) is 9.99. The largest absolute Gasteiger partial charge is 0.348 e. The highest BCUT2D eigenvalue weighted by Gasteiger charge is 2.29. The van der Waals surface area contributed by atoms with Crippen molar-refractivity contribution in [2.45, 2.75) is 62.4 Å². The van der Waals surface area contributed by atoms with Crippen molar-refractivity contribution in [3.63, 3.8) is 0 Å². The van der Waals surface area contributed by atoms with E-state index in [4.69, 9.17) is 0 Å². The number of piperidine rings is 1. The number of rotatable bonds is 5. The third kappa shape index (κ3) is 5.26. The standard InChI is InChI=1S/C20H31N3O3S.ClH/c1-15-12-13-21-14-19(15)22-20(24)16-8-10-18(11-9-16)27(25,26)23(2)17-6-4-3-5-7-17;/h8-11,15,17,19,21H,3-7,12-14H2,1-2H3,(H,22,24);1H. The summed E-state index contributed by atoms with van der Waals surface area (Å²) in [4.78, 5) is 12.8. The van der Waals surface area contributed by atoms with Gasteiger partial charge in [0.1, 0.15) is 0 Å². The zero-order valence-electron chi connectivity index (χ0n) is 16.7. The lowest BCUT2D eigenvalue weighted by Gasteiger charge is -2.30. The van der Waals surface area contributed by atoms with Gasteiger partial charge in [0.05, 0.1) is 4.90 Å². The first-order valence-corrected chi connectivity index (χ1v) is 11.4. The molecule has 0 spiro atoms. The van der Waals surface area contributed by atoms with Gasteiger partial charge in [-0.15, -0.1) is 12.4 Å². The number of carbonyl (C=O) groups excluding carboxylic acids is 1. The van der Waals surface area contributed by atoms with Crippen molar-refractivity contribution in [3.8, 4) is 0 Å². The molecular formula is C20H32ClN3O3S. The van der Waals surface area contributed by atoms with Crippen molar-refractivity contribution in [3.05, 3.63) is 29.8 Å². The van der Waals surface area contributed by atoms with Crippen LogP contribution in [0.1, 0.15) is 55.8 Å². The van der Waals surface area contributed by atoms with Crippen LogP contribution in [-0.2, 0) is 10.0 Å². The van der Waals surface area contributed by atoms with E-state index in [0.29, 0.717) is 11.5 Å². The van der Waals surface area contributed by atoms with Crippen LogP contribution in [0.25, 0.3) is 0 Å². The van der Waals surface area contributed by atoms with E-state index in [1.807, 2.05) is 0 Å². The Labute approximate surface area is 174 Å². The minimum absolute atomic E-state index is 0. The lowest BCUT2D eigenvalue weighted by Crippen LogP contribution is -2.50. The van der Waals surface area contributed by atoms with Crippen molar-refractivity contribution in [1.29, 1.82) is 0 Å². The van der Waals surface area contributed by atoms with E-state index in [0.717, 1.165) is 45.2 Å². The monoisotopic (exact) mass is 429 g/mol. The van der Waals surface area contributed by atoms with Crippen LogP contribution >= 0.6 is 12.4 Å².